The van der Waals surface area contributed by atoms with Crippen molar-refractivity contribution in [3.8, 4) is 0 Å². The fourth-order valence-electron chi connectivity index (χ4n) is 3.35. The highest BCUT2D eigenvalue weighted by atomic mass is 16.7. The smallest absolute Gasteiger partial charge is 0.271 e. The molecule has 0 spiro atoms. The van der Waals surface area contributed by atoms with Crippen molar-refractivity contribution in [1.82, 2.24) is 10.9 Å². The first kappa shape index (κ1) is 31.3. The number of hydrazone groups is 1. The number of carbonyl (C=O) groups excluding carboxylic acids is 2. The molecule has 2 amide bonds. The summed E-state index contributed by atoms with van der Waals surface area (Å²) >= 11 is 0. The standard InChI is InChI=1S/C22H31N3O13/c26-8-13(29)20(38-22-19(34)18(33)17(32)14(9-27)37-22)16(31)12(28)7-23-24-21(35)11-3-1-2-10(6-11)4-5-15(30)25-36/h1-7,12-14,16-20,22,26-29,31-34,36H,8-9H2,(H,24,35)(H,25,30)/b5-4+,23-7+/t12-,13+,14+,16+,17-,18-,19+,20+,22-/m0/s1. The number of benzene rings is 1. The third-order valence-corrected chi connectivity index (χ3v) is 5.47. The summed E-state index contributed by atoms with van der Waals surface area (Å²) < 4.78 is 10.4. The van der Waals surface area contributed by atoms with Crippen molar-refractivity contribution in [1.29, 1.82) is 0 Å². The highest BCUT2D eigenvalue weighted by Gasteiger charge is 2.46. The summed E-state index contributed by atoms with van der Waals surface area (Å²) in [5.74, 6) is -1.52. The van der Waals surface area contributed by atoms with Crippen LogP contribution in [0, 0.1) is 0 Å². The van der Waals surface area contributed by atoms with Gasteiger partial charge in [-0.05, 0) is 23.8 Å². The molecule has 0 saturated carbocycles. The molecule has 0 aliphatic carbocycles. The zero-order valence-electron chi connectivity index (χ0n) is 19.8. The molecule has 1 aliphatic heterocycles. The lowest BCUT2D eigenvalue weighted by molar-refractivity contribution is -0.326. The van der Waals surface area contributed by atoms with E-state index >= 15 is 0 Å². The molecule has 0 bridgehead atoms. The van der Waals surface area contributed by atoms with E-state index in [1.54, 1.807) is 6.07 Å². The Kier molecular flexibility index (Phi) is 12.3. The number of nitrogens with one attached hydrogen (secondary N) is 2. The summed E-state index contributed by atoms with van der Waals surface area (Å²) in [6.07, 6.45) is -13.1. The molecule has 0 radical (unpaired) electrons. The van der Waals surface area contributed by atoms with Crippen molar-refractivity contribution >= 4 is 24.1 Å². The van der Waals surface area contributed by atoms with Gasteiger partial charge in [0.05, 0.1) is 19.4 Å². The van der Waals surface area contributed by atoms with Crippen molar-refractivity contribution in [3.05, 3.63) is 41.5 Å². The number of hydroxylamine groups is 1. The number of ether oxygens (including phenoxy) is 2. The van der Waals surface area contributed by atoms with Gasteiger partial charge in [-0.15, -0.1) is 0 Å². The van der Waals surface area contributed by atoms with Crippen LogP contribution in [-0.2, 0) is 14.3 Å². The summed E-state index contributed by atoms with van der Waals surface area (Å²) in [4.78, 5) is 23.4. The van der Waals surface area contributed by atoms with Crippen LogP contribution >= 0.6 is 0 Å². The Morgan fingerprint density at radius 3 is 2.45 bits per heavy atom. The average Bonchev–Trinajstić information content (AvgIpc) is 2.93. The maximum absolute atomic E-state index is 12.3. The van der Waals surface area contributed by atoms with Gasteiger partial charge in [0.15, 0.2) is 6.29 Å². The lowest BCUT2D eigenvalue weighted by Crippen LogP contribution is -2.61. The minimum Gasteiger partial charge on any atom is -0.394 e. The number of hydrogen-bond donors (Lipinski definition) is 11. The topological polar surface area (TPSA) is 271 Å². The largest absolute Gasteiger partial charge is 0.394 e. The third-order valence-electron chi connectivity index (χ3n) is 5.47. The van der Waals surface area contributed by atoms with Gasteiger partial charge in [0, 0.05) is 11.6 Å². The van der Waals surface area contributed by atoms with E-state index in [-0.39, 0.29) is 5.56 Å². The maximum atomic E-state index is 12.3. The summed E-state index contributed by atoms with van der Waals surface area (Å²) in [7, 11) is 0. The molecular formula is C22H31N3O13. The fourth-order valence-corrected chi connectivity index (χ4v) is 3.35. The van der Waals surface area contributed by atoms with E-state index in [4.69, 9.17) is 14.7 Å². The highest BCUT2D eigenvalue weighted by Crippen LogP contribution is 2.24. The number of aliphatic hydroxyl groups is 8. The summed E-state index contributed by atoms with van der Waals surface area (Å²) in [5, 5.41) is 91.3. The molecule has 1 heterocycles. The van der Waals surface area contributed by atoms with E-state index < -0.39 is 80.1 Å². The van der Waals surface area contributed by atoms with Gasteiger partial charge < -0.3 is 50.3 Å². The number of carbonyl (C=O) groups is 2. The van der Waals surface area contributed by atoms with Crippen LogP contribution in [0.3, 0.4) is 0 Å². The molecule has 38 heavy (non-hydrogen) atoms. The number of nitrogens with zero attached hydrogens (tertiary/aromatic N) is 1. The number of aliphatic hydroxyl groups excluding tert-OH is 8. The number of rotatable bonds is 12. The van der Waals surface area contributed by atoms with Gasteiger partial charge in [0.1, 0.15) is 48.8 Å². The third kappa shape index (κ3) is 8.32. The monoisotopic (exact) mass is 545 g/mol. The Labute approximate surface area is 215 Å². The zero-order valence-corrected chi connectivity index (χ0v) is 19.8. The normalized spacial score (nSPS) is 27.1. The van der Waals surface area contributed by atoms with Gasteiger partial charge in [0.25, 0.3) is 11.8 Å². The van der Waals surface area contributed by atoms with E-state index in [9.17, 15) is 50.4 Å². The number of hydrogen-bond acceptors (Lipinski definition) is 14. The van der Waals surface area contributed by atoms with E-state index in [1.165, 1.54) is 29.8 Å². The minimum absolute atomic E-state index is 0.100. The highest BCUT2D eigenvalue weighted by molar-refractivity contribution is 5.95. The fraction of sp³-hybridized carbons (Fsp3) is 0.500. The van der Waals surface area contributed by atoms with Crippen molar-refractivity contribution in [2.24, 2.45) is 5.10 Å². The average molecular weight is 545 g/mol. The molecular weight excluding hydrogens is 514 g/mol. The second-order valence-corrected chi connectivity index (χ2v) is 8.18. The number of amides is 2. The summed E-state index contributed by atoms with van der Waals surface area (Å²) in [5.41, 5.74) is 4.04. The Balaban J connectivity index is 2.05. The van der Waals surface area contributed by atoms with E-state index in [2.05, 4.69) is 10.5 Å². The maximum Gasteiger partial charge on any atom is 0.271 e. The molecule has 16 nitrogen and oxygen atoms in total. The molecule has 1 aliphatic rings. The van der Waals surface area contributed by atoms with E-state index in [0.717, 1.165) is 6.08 Å². The van der Waals surface area contributed by atoms with Gasteiger partial charge in [-0.2, -0.15) is 5.10 Å². The van der Waals surface area contributed by atoms with Crippen LogP contribution in [-0.4, -0.2) is 132 Å². The Morgan fingerprint density at radius 1 is 1.11 bits per heavy atom. The first-order valence-electron chi connectivity index (χ1n) is 11.2. The van der Waals surface area contributed by atoms with Gasteiger partial charge in [-0.1, -0.05) is 12.1 Å². The molecule has 1 fully saturated rings. The van der Waals surface area contributed by atoms with Crippen LogP contribution in [0.5, 0.6) is 0 Å². The first-order chi connectivity index (χ1) is 18.0. The lowest BCUT2D eigenvalue weighted by Gasteiger charge is -2.42. The van der Waals surface area contributed by atoms with Crippen molar-refractivity contribution < 1.29 is 65.1 Å². The predicted octanol–water partition coefficient (Wildman–Crippen LogP) is -4.82. The molecule has 1 aromatic rings. The van der Waals surface area contributed by atoms with Crippen molar-refractivity contribution in [3.63, 3.8) is 0 Å². The lowest BCUT2D eigenvalue weighted by atomic mass is 9.98. The van der Waals surface area contributed by atoms with E-state index in [0.29, 0.717) is 11.8 Å². The molecule has 1 saturated heterocycles. The van der Waals surface area contributed by atoms with Crippen LogP contribution in [0.25, 0.3) is 6.08 Å². The zero-order chi connectivity index (χ0) is 28.4. The molecule has 16 heteroatoms. The van der Waals surface area contributed by atoms with Gasteiger partial charge in [0.2, 0.25) is 0 Å². The molecule has 1 aromatic carbocycles. The van der Waals surface area contributed by atoms with Gasteiger partial charge in [-0.3, -0.25) is 14.8 Å². The molecule has 2 rings (SSSR count). The van der Waals surface area contributed by atoms with Gasteiger partial charge in [-0.25, -0.2) is 10.9 Å². The van der Waals surface area contributed by atoms with Crippen LogP contribution in [0.15, 0.2) is 35.4 Å². The van der Waals surface area contributed by atoms with Crippen LogP contribution in [0.4, 0.5) is 0 Å². The van der Waals surface area contributed by atoms with Crippen LogP contribution in [0.2, 0.25) is 0 Å². The van der Waals surface area contributed by atoms with E-state index in [1.807, 2.05) is 0 Å². The quantitative estimate of drug-likeness (QED) is 0.0510. The van der Waals surface area contributed by atoms with Gasteiger partial charge >= 0.3 is 0 Å². The molecule has 212 valence electrons. The Bertz CT molecular complexity index is 976. The SMILES string of the molecule is O=C(/C=C/c1cccc(C(=O)N/N=C/[C@H](O)[C@@H](O)[C@H](O[C@@H]2O[C@H](CO)[C@H](O)[C@H](O)[C@H]2O)[C@H](O)CO)c1)NO. The van der Waals surface area contributed by atoms with Crippen LogP contribution < -0.4 is 10.9 Å². The molecule has 11 N–H and O–H groups in total. The Hall–Kier alpha value is -2.87. The van der Waals surface area contributed by atoms with Crippen molar-refractivity contribution in [2.75, 3.05) is 13.2 Å². The minimum atomic E-state index is -2.02. The molecule has 0 unspecified atom stereocenters. The molecule has 0 aromatic heterocycles. The molecule has 9 atom stereocenters. The summed E-state index contributed by atoms with van der Waals surface area (Å²) in [6, 6.07) is 5.88. The second kappa shape index (κ2) is 14.9. The van der Waals surface area contributed by atoms with Crippen molar-refractivity contribution in [2.45, 2.75) is 55.1 Å². The second-order valence-electron chi connectivity index (χ2n) is 8.18. The van der Waals surface area contributed by atoms with Crippen LogP contribution in [0.1, 0.15) is 15.9 Å². The predicted molar refractivity (Wildman–Crippen MR) is 125 cm³/mol. The first-order valence-corrected chi connectivity index (χ1v) is 11.2. The summed E-state index contributed by atoms with van der Waals surface area (Å²) in [6.45, 7) is -1.74. The Morgan fingerprint density at radius 2 is 1.82 bits per heavy atom.